The van der Waals surface area contributed by atoms with Gasteiger partial charge in [-0.05, 0) is 42.8 Å². The number of carbonyl (C=O) groups is 2. The molecule has 0 spiro atoms. The number of hydrogen-bond acceptors (Lipinski definition) is 8. The molecular formula is C29H34ClN3O8S. The Kier molecular flexibility index (Phi) is 10.9. The van der Waals surface area contributed by atoms with Gasteiger partial charge in [0.25, 0.3) is 10.0 Å². The van der Waals surface area contributed by atoms with Crippen LogP contribution in [0, 0.1) is 0 Å². The molecule has 13 heteroatoms. The standard InChI is InChI=1S/C29H34ClN3O8S/c1-19(29(35)31-2)32(17-20-9-7-8-10-23(20)30)28(34)18-33(24-15-21(38-3)11-13-25(24)39-4)42(36,37)22-12-14-26(40-5)27(16-22)41-6/h7-16,19H,17-18H2,1-6H3,(H,31,35)/t19-/m0/s1. The van der Waals surface area contributed by atoms with Gasteiger partial charge in [0.15, 0.2) is 11.5 Å². The van der Waals surface area contributed by atoms with Crippen molar-refractivity contribution in [1.82, 2.24) is 10.2 Å². The van der Waals surface area contributed by atoms with Crippen LogP contribution in [-0.4, -0.2) is 73.2 Å². The van der Waals surface area contributed by atoms with Crippen LogP contribution in [0.2, 0.25) is 5.02 Å². The van der Waals surface area contributed by atoms with Crippen LogP contribution >= 0.6 is 11.6 Å². The fraction of sp³-hybridized carbons (Fsp3) is 0.310. The van der Waals surface area contributed by atoms with E-state index in [0.717, 1.165) is 4.31 Å². The molecule has 0 heterocycles. The summed E-state index contributed by atoms with van der Waals surface area (Å²) in [7, 11) is 2.63. The number of rotatable bonds is 13. The number of nitrogens with one attached hydrogen (secondary N) is 1. The van der Waals surface area contributed by atoms with Gasteiger partial charge in [-0.25, -0.2) is 8.42 Å². The third-order valence-corrected chi connectivity index (χ3v) is 8.71. The molecule has 1 N–H and O–H groups in total. The Labute approximate surface area is 250 Å². The molecule has 0 fully saturated rings. The number of likely N-dealkylation sites (N-methyl/N-ethyl adjacent to an activating group) is 1. The quantitative estimate of drug-likeness (QED) is 0.307. The van der Waals surface area contributed by atoms with E-state index in [1.54, 1.807) is 37.3 Å². The van der Waals surface area contributed by atoms with Crippen molar-refractivity contribution < 1.29 is 37.0 Å². The number of carbonyl (C=O) groups excluding carboxylic acids is 2. The summed E-state index contributed by atoms with van der Waals surface area (Å²) in [6, 6.07) is 14.6. The second kappa shape index (κ2) is 14.1. The second-order valence-electron chi connectivity index (χ2n) is 8.97. The zero-order valence-electron chi connectivity index (χ0n) is 24.2. The first-order chi connectivity index (χ1) is 20.0. The lowest BCUT2D eigenvalue weighted by atomic mass is 10.1. The number of hydrogen-bond donors (Lipinski definition) is 1. The SMILES string of the molecule is CNC(=O)[C@H](C)N(Cc1ccccc1Cl)C(=O)CN(c1cc(OC)ccc1OC)S(=O)(=O)c1ccc(OC)c(OC)c1. The van der Waals surface area contributed by atoms with E-state index in [2.05, 4.69) is 5.32 Å². The van der Waals surface area contributed by atoms with Gasteiger partial charge in [0, 0.05) is 30.7 Å². The zero-order valence-corrected chi connectivity index (χ0v) is 25.8. The van der Waals surface area contributed by atoms with Crippen molar-refractivity contribution in [2.24, 2.45) is 0 Å². The lowest BCUT2D eigenvalue weighted by molar-refractivity contribution is -0.139. The predicted molar refractivity (Wildman–Crippen MR) is 159 cm³/mol. The van der Waals surface area contributed by atoms with Crippen LogP contribution in [0.15, 0.2) is 65.6 Å². The minimum atomic E-state index is -4.44. The molecule has 3 rings (SSSR count). The maximum atomic E-state index is 14.3. The van der Waals surface area contributed by atoms with E-state index >= 15 is 0 Å². The lowest BCUT2D eigenvalue weighted by Crippen LogP contribution is -2.50. The molecule has 3 aromatic carbocycles. The van der Waals surface area contributed by atoms with Gasteiger partial charge < -0.3 is 29.2 Å². The molecule has 1 atom stereocenters. The summed E-state index contributed by atoms with van der Waals surface area (Å²) in [6.45, 7) is 0.811. The van der Waals surface area contributed by atoms with E-state index in [-0.39, 0.29) is 28.6 Å². The van der Waals surface area contributed by atoms with Gasteiger partial charge >= 0.3 is 0 Å². The number of ether oxygens (including phenoxy) is 4. The highest BCUT2D eigenvalue weighted by Gasteiger charge is 2.34. The Hall–Kier alpha value is -4.16. The van der Waals surface area contributed by atoms with E-state index in [4.69, 9.17) is 30.5 Å². The molecule has 0 saturated carbocycles. The van der Waals surface area contributed by atoms with Crippen molar-refractivity contribution in [1.29, 1.82) is 0 Å². The van der Waals surface area contributed by atoms with Gasteiger partial charge in [0.1, 0.15) is 24.1 Å². The van der Waals surface area contributed by atoms with Crippen molar-refractivity contribution in [2.75, 3.05) is 46.3 Å². The summed E-state index contributed by atoms with van der Waals surface area (Å²) in [5.74, 6) is -0.106. The molecule has 0 aromatic heterocycles. The minimum absolute atomic E-state index is 0.0466. The monoisotopic (exact) mass is 619 g/mol. The molecular weight excluding hydrogens is 586 g/mol. The molecule has 0 radical (unpaired) electrons. The Morgan fingerprint density at radius 3 is 2.12 bits per heavy atom. The predicted octanol–water partition coefficient (Wildman–Crippen LogP) is 3.73. The van der Waals surface area contributed by atoms with Crippen LogP contribution in [0.3, 0.4) is 0 Å². The number of amides is 2. The van der Waals surface area contributed by atoms with Crippen LogP contribution in [0.4, 0.5) is 5.69 Å². The molecule has 0 bridgehead atoms. The van der Waals surface area contributed by atoms with Gasteiger partial charge in [-0.2, -0.15) is 0 Å². The summed E-state index contributed by atoms with van der Waals surface area (Å²) in [6.07, 6.45) is 0. The molecule has 3 aromatic rings. The zero-order chi connectivity index (χ0) is 31.0. The van der Waals surface area contributed by atoms with Crippen LogP contribution < -0.4 is 28.6 Å². The highest BCUT2D eigenvalue weighted by molar-refractivity contribution is 7.92. The fourth-order valence-corrected chi connectivity index (χ4v) is 5.84. The molecule has 42 heavy (non-hydrogen) atoms. The summed E-state index contributed by atoms with van der Waals surface area (Å²) in [5, 5.41) is 2.93. The second-order valence-corrected chi connectivity index (χ2v) is 11.2. The third-order valence-electron chi connectivity index (χ3n) is 6.59. The lowest BCUT2D eigenvalue weighted by Gasteiger charge is -2.32. The number of methoxy groups -OCH3 is 4. The van der Waals surface area contributed by atoms with Crippen LogP contribution in [0.5, 0.6) is 23.0 Å². The molecule has 0 unspecified atom stereocenters. The highest BCUT2D eigenvalue weighted by Crippen LogP contribution is 2.38. The Bertz CT molecular complexity index is 1530. The van der Waals surface area contributed by atoms with E-state index in [9.17, 15) is 18.0 Å². The molecule has 0 aliphatic heterocycles. The van der Waals surface area contributed by atoms with Crippen molar-refractivity contribution in [2.45, 2.75) is 24.4 Å². The Balaban J connectivity index is 2.18. The van der Waals surface area contributed by atoms with Crippen molar-refractivity contribution in [3.05, 3.63) is 71.2 Å². The Morgan fingerprint density at radius 2 is 1.52 bits per heavy atom. The Morgan fingerprint density at radius 1 is 0.881 bits per heavy atom. The van der Waals surface area contributed by atoms with E-state index in [1.165, 1.54) is 70.7 Å². The smallest absolute Gasteiger partial charge is 0.265 e. The maximum absolute atomic E-state index is 14.3. The van der Waals surface area contributed by atoms with Crippen LogP contribution in [0.1, 0.15) is 12.5 Å². The van der Waals surface area contributed by atoms with E-state index in [1.807, 2.05) is 0 Å². The highest BCUT2D eigenvalue weighted by atomic mass is 35.5. The fourth-order valence-electron chi connectivity index (χ4n) is 4.21. The number of halogens is 1. The van der Waals surface area contributed by atoms with Crippen molar-refractivity contribution >= 4 is 39.1 Å². The maximum Gasteiger partial charge on any atom is 0.265 e. The number of benzene rings is 3. The molecule has 0 saturated heterocycles. The average molecular weight is 620 g/mol. The molecule has 2 amide bonds. The van der Waals surface area contributed by atoms with Gasteiger partial charge in [0.2, 0.25) is 11.8 Å². The summed E-state index contributed by atoms with van der Waals surface area (Å²) in [5.41, 5.74) is 0.627. The van der Waals surface area contributed by atoms with Crippen LogP contribution in [-0.2, 0) is 26.2 Å². The average Bonchev–Trinajstić information content (AvgIpc) is 3.01. The summed E-state index contributed by atoms with van der Waals surface area (Å²) in [4.78, 5) is 27.8. The molecule has 226 valence electrons. The molecule has 0 aliphatic carbocycles. The van der Waals surface area contributed by atoms with Gasteiger partial charge in [-0.1, -0.05) is 29.8 Å². The first-order valence-corrected chi connectivity index (χ1v) is 14.5. The largest absolute Gasteiger partial charge is 0.497 e. The summed E-state index contributed by atoms with van der Waals surface area (Å²) < 4.78 is 50.8. The number of nitrogens with zero attached hydrogens (tertiary/aromatic N) is 2. The van der Waals surface area contributed by atoms with E-state index < -0.39 is 34.4 Å². The molecule has 11 nitrogen and oxygen atoms in total. The normalized spacial score (nSPS) is 11.7. The first kappa shape index (κ1) is 32.4. The number of sulfonamides is 1. The van der Waals surface area contributed by atoms with Gasteiger partial charge in [-0.15, -0.1) is 0 Å². The van der Waals surface area contributed by atoms with Gasteiger partial charge in [0.05, 0.1) is 39.0 Å². The molecule has 0 aliphatic rings. The topological polar surface area (TPSA) is 124 Å². The van der Waals surface area contributed by atoms with Crippen molar-refractivity contribution in [3.63, 3.8) is 0 Å². The number of anilines is 1. The third kappa shape index (κ3) is 7.00. The summed E-state index contributed by atoms with van der Waals surface area (Å²) >= 11 is 6.37. The first-order valence-electron chi connectivity index (χ1n) is 12.7. The van der Waals surface area contributed by atoms with Crippen molar-refractivity contribution in [3.8, 4) is 23.0 Å². The van der Waals surface area contributed by atoms with Gasteiger partial charge in [-0.3, -0.25) is 13.9 Å². The minimum Gasteiger partial charge on any atom is -0.497 e. The van der Waals surface area contributed by atoms with Crippen LogP contribution in [0.25, 0.3) is 0 Å². The van der Waals surface area contributed by atoms with E-state index in [0.29, 0.717) is 22.1 Å².